The van der Waals surface area contributed by atoms with Crippen LogP contribution < -0.4 is 4.74 Å². The lowest BCUT2D eigenvalue weighted by atomic mass is 9.79. The van der Waals surface area contributed by atoms with Crippen LogP contribution in [0.5, 0.6) is 5.75 Å². The molecule has 1 fully saturated rings. The number of methoxy groups -OCH3 is 1. The second kappa shape index (κ2) is 6.91. The summed E-state index contributed by atoms with van der Waals surface area (Å²) in [6.07, 6.45) is 1.92. The summed E-state index contributed by atoms with van der Waals surface area (Å²) in [6.45, 7) is 0.706. The number of benzene rings is 1. The minimum atomic E-state index is -0.927. The van der Waals surface area contributed by atoms with Gasteiger partial charge in [0.15, 0.2) is 0 Å². The van der Waals surface area contributed by atoms with Gasteiger partial charge in [-0.15, -0.1) is 0 Å². The van der Waals surface area contributed by atoms with E-state index in [2.05, 4.69) is 0 Å². The highest BCUT2D eigenvalue weighted by atomic mass is 16.5. The van der Waals surface area contributed by atoms with E-state index in [1.165, 1.54) is 0 Å². The van der Waals surface area contributed by atoms with Crippen LogP contribution in [0.3, 0.4) is 0 Å². The molecule has 0 aromatic heterocycles. The first kappa shape index (κ1) is 15.8. The Kier molecular flexibility index (Phi) is 5.20. The number of ether oxygens (including phenoxy) is 2. The summed E-state index contributed by atoms with van der Waals surface area (Å²) < 4.78 is 10.7. The van der Waals surface area contributed by atoms with Crippen LogP contribution in [0, 0.1) is 5.92 Å². The van der Waals surface area contributed by atoms with E-state index < -0.39 is 11.6 Å². The van der Waals surface area contributed by atoms with E-state index in [1.54, 1.807) is 7.11 Å². The van der Waals surface area contributed by atoms with Gasteiger partial charge >= 0.3 is 5.97 Å². The SMILES string of the molecule is COCc1cccc(OCC2(O)CCC(C(=O)O)CC2)c1. The molecular weight excluding hydrogens is 272 g/mol. The fourth-order valence-electron chi connectivity index (χ4n) is 2.66. The highest BCUT2D eigenvalue weighted by Gasteiger charge is 2.36. The molecule has 5 nitrogen and oxygen atoms in total. The molecule has 1 saturated carbocycles. The zero-order valence-electron chi connectivity index (χ0n) is 12.2. The van der Waals surface area contributed by atoms with Gasteiger partial charge in [-0.3, -0.25) is 4.79 Å². The van der Waals surface area contributed by atoms with Crippen molar-refractivity contribution >= 4 is 5.97 Å². The summed E-state index contributed by atoms with van der Waals surface area (Å²) in [7, 11) is 1.64. The van der Waals surface area contributed by atoms with E-state index in [0.717, 1.165) is 5.56 Å². The first-order chi connectivity index (χ1) is 10.0. The average molecular weight is 294 g/mol. The van der Waals surface area contributed by atoms with Crippen molar-refractivity contribution in [2.24, 2.45) is 5.92 Å². The Morgan fingerprint density at radius 2 is 2.10 bits per heavy atom. The monoisotopic (exact) mass is 294 g/mol. The predicted molar refractivity (Wildman–Crippen MR) is 77.2 cm³/mol. The molecule has 1 aromatic carbocycles. The topological polar surface area (TPSA) is 76.0 Å². The van der Waals surface area contributed by atoms with Gasteiger partial charge in [-0.05, 0) is 43.4 Å². The maximum atomic E-state index is 10.9. The number of hydrogen-bond donors (Lipinski definition) is 2. The normalized spacial score (nSPS) is 25.5. The molecule has 0 aliphatic heterocycles. The van der Waals surface area contributed by atoms with Gasteiger partial charge in [-0.1, -0.05) is 12.1 Å². The minimum Gasteiger partial charge on any atom is -0.491 e. The number of carbonyl (C=O) groups is 1. The van der Waals surface area contributed by atoms with Crippen molar-refractivity contribution in [2.75, 3.05) is 13.7 Å². The number of aliphatic hydroxyl groups is 1. The molecule has 1 aromatic rings. The summed E-state index contributed by atoms with van der Waals surface area (Å²) in [5.74, 6) is -0.418. The van der Waals surface area contributed by atoms with E-state index in [-0.39, 0.29) is 12.5 Å². The van der Waals surface area contributed by atoms with Crippen LogP contribution in [-0.4, -0.2) is 35.5 Å². The molecule has 0 unspecified atom stereocenters. The van der Waals surface area contributed by atoms with Crippen molar-refractivity contribution in [2.45, 2.75) is 37.9 Å². The van der Waals surface area contributed by atoms with E-state index in [9.17, 15) is 9.90 Å². The smallest absolute Gasteiger partial charge is 0.306 e. The van der Waals surface area contributed by atoms with Crippen LogP contribution in [0.2, 0.25) is 0 Å². The highest BCUT2D eigenvalue weighted by Crippen LogP contribution is 2.32. The molecule has 0 spiro atoms. The maximum absolute atomic E-state index is 10.9. The van der Waals surface area contributed by atoms with E-state index in [0.29, 0.717) is 38.0 Å². The van der Waals surface area contributed by atoms with Crippen molar-refractivity contribution in [1.82, 2.24) is 0 Å². The number of rotatable bonds is 6. The van der Waals surface area contributed by atoms with Crippen molar-refractivity contribution in [1.29, 1.82) is 0 Å². The second-order valence-corrected chi connectivity index (χ2v) is 5.71. The summed E-state index contributed by atoms with van der Waals surface area (Å²) in [4.78, 5) is 10.9. The molecule has 21 heavy (non-hydrogen) atoms. The van der Waals surface area contributed by atoms with E-state index in [4.69, 9.17) is 14.6 Å². The average Bonchev–Trinajstić information content (AvgIpc) is 2.47. The Morgan fingerprint density at radius 1 is 1.38 bits per heavy atom. The fraction of sp³-hybridized carbons (Fsp3) is 0.562. The van der Waals surface area contributed by atoms with Crippen LogP contribution in [0.15, 0.2) is 24.3 Å². The van der Waals surface area contributed by atoms with Crippen molar-refractivity contribution < 1.29 is 24.5 Å². The van der Waals surface area contributed by atoms with Crippen LogP contribution in [-0.2, 0) is 16.1 Å². The van der Waals surface area contributed by atoms with Crippen LogP contribution in [0.1, 0.15) is 31.2 Å². The van der Waals surface area contributed by atoms with Gasteiger partial charge in [-0.25, -0.2) is 0 Å². The van der Waals surface area contributed by atoms with Gasteiger partial charge in [0.05, 0.1) is 18.1 Å². The lowest BCUT2D eigenvalue weighted by molar-refractivity contribution is -0.145. The fourth-order valence-corrected chi connectivity index (χ4v) is 2.66. The Bertz CT molecular complexity index is 477. The van der Waals surface area contributed by atoms with Crippen LogP contribution >= 0.6 is 0 Å². The molecule has 0 heterocycles. The maximum Gasteiger partial charge on any atom is 0.306 e. The Hall–Kier alpha value is -1.59. The molecule has 1 aliphatic rings. The molecule has 0 amide bonds. The molecule has 0 atom stereocenters. The molecular formula is C16H22O5. The van der Waals surface area contributed by atoms with Gasteiger partial charge in [0, 0.05) is 7.11 Å². The quantitative estimate of drug-likeness (QED) is 0.841. The van der Waals surface area contributed by atoms with Gasteiger partial charge in [0.25, 0.3) is 0 Å². The van der Waals surface area contributed by atoms with Gasteiger partial charge in [-0.2, -0.15) is 0 Å². The summed E-state index contributed by atoms with van der Waals surface area (Å²) in [5.41, 5.74) is 0.0833. The van der Waals surface area contributed by atoms with Crippen molar-refractivity contribution in [3.8, 4) is 5.75 Å². The molecule has 5 heteroatoms. The van der Waals surface area contributed by atoms with E-state index in [1.807, 2.05) is 24.3 Å². The molecule has 0 saturated heterocycles. The number of hydrogen-bond acceptors (Lipinski definition) is 4. The summed E-state index contributed by atoms with van der Waals surface area (Å²) >= 11 is 0. The van der Waals surface area contributed by atoms with Gasteiger partial charge < -0.3 is 19.7 Å². The molecule has 0 bridgehead atoms. The third-order valence-corrected chi connectivity index (χ3v) is 3.98. The van der Waals surface area contributed by atoms with Crippen LogP contribution in [0.4, 0.5) is 0 Å². The lowest BCUT2D eigenvalue weighted by Gasteiger charge is -2.34. The Balaban J connectivity index is 1.88. The molecule has 116 valence electrons. The molecule has 1 aliphatic carbocycles. The van der Waals surface area contributed by atoms with Gasteiger partial charge in [0.1, 0.15) is 12.4 Å². The summed E-state index contributed by atoms with van der Waals surface area (Å²) in [5, 5.41) is 19.4. The first-order valence-corrected chi connectivity index (χ1v) is 7.18. The van der Waals surface area contributed by atoms with E-state index >= 15 is 0 Å². The zero-order valence-corrected chi connectivity index (χ0v) is 12.2. The minimum absolute atomic E-state index is 0.190. The summed E-state index contributed by atoms with van der Waals surface area (Å²) in [6, 6.07) is 7.55. The third kappa shape index (κ3) is 4.44. The largest absolute Gasteiger partial charge is 0.491 e. The number of carboxylic acids is 1. The third-order valence-electron chi connectivity index (χ3n) is 3.98. The van der Waals surface area contributed by atoms with Crippen molar-refractivity contribution in [3.05, 3.63) is 29.8 Å². The molecule has 2 N–H and O–H groups in total. The number of aliphatic carboxylic acids is 1. The Morgan fingerprint density at radius 3 is 2.71 bits per heavy atom. The zero-order chi connectivity index (χ0) is 15.3. The molecule has 2 rings (SSSR count). The molecule has 0 radical (unpaired) electrons. The van der Waals surface area contributed by atoms with Crippen molar-refractivity contribution in [3.63, 3.8) is 0 Å². The van der Waals surface area contributed by atoms with Crippen LogP contribution in [0.25, 0.3) is 0 Å². The second-order valence-electron chi connectivity index (χ2n) is 5.71. The Labute approximate surface area is 124 Å². The number of carboxylic acid groups (broad SMARTS) is 1. The lowest BCUT2D eigenvalue weighted by Crippen LogP contribution is -2.41. The van der Waals surface area contributed by atoms with Gasteiger partial charge in [0.2, 0.25) is 0 Å². The first-order valence-electron chi connectivity index (χ1n) is 7.18. The highest BCUT2D eigenvalue weighted by molar-refractivity contribution is 5.70. The standard InChI is InChI=1S/C16H22O5/c1-20-10-12-3-2-4-14(9-12)21-11-16(19)7-5-13(6-8-16)15(17)18/h2-4,9,13,19H,5-8,10-11H2,1H3,(H,17,18). The predicted octanol–water partition coefficient (Wildman–Crippen LogP) is 2.22.